The fraction of sp³-hybridized carbons (Fsp3) is 0.273. The highest BCUT2D eigenvalue weighted by Crippen LogP contribution is 2.27. The van der Waals surface area contributed by atoms with Gasteiger partial charge in [-0.05, 0) is 42.7 Å². The fourth-order valence-corrected chi connectivity index (χ4v) is 3.95. The molecule has 0 saturated heterocycles. The lowest BCUT2D eigenvalue weighted by Gasteiger charge is -2.18. The van der Waals surface area contributed by atoms with E-state index in [-0.39, 0.29) is 16.8 Å². The van der Waals surface area contributed by atoms with Gasteiger partial charge in [0.2, 0.25) is 0 Å². The number of allylic oxidation sites excluding steroid dienone is 1. The minimum atomic E-state index is -0.262. The number of ether oxygens (including phenoxy) is 1. The second-order valence-electron chi connectivity index (χ2n) is 6.58. The van der Waals surface area contributed by atoms with Crippen LogP contribution in [0.15, 0.2) is 53.1 Å². The normalized spacial score (nSPS) is 13.6. The van der Waals surface area contributed by atoms with Gasteiger partial charge in [-0.2, -0.15) is 0 Å². The number of halogens is 1. The quantitative estimate of drug-likeness (QED) is 0.692. The first-order chi connectivity index (χ1) is 14.0. The molecule has 1 aliphatic heterocycles. The second-order valence-corrected chi connectivity index (χ2v) is 8.10. The molecule has 0 spiro atoms. The van der Waals surface area contributed by atoms with Gasteiger partial charge in [0.05, 0.1) is 17.2 Å². The smallest absolute Gasteiger partial charge is 0.265 e. The Labute approximate surface area is 179 Å². The van der Waals surface area contributed by atoms with E-state index in [1.165, 1.54) is 17.3 Å². The van der Waals surface area contributed by atoms with Crippen molar-refractivity contribution >= 4 is 40.9 Å². The van der Waals surface area contributed by atoms with Gasteiger partial charge in [-0.15, -0.1) is 11.8 Å². The highest BCUT2D eigenvalue weighted by Gasteiger charge is 2.19. The summed E-state index contributed by atoms with van der Waals surface area (Å²) in [6.45, 7) is 4.90. The largest absolute Gasteiger partial charge is 0.496 e. The van der Waals surface area contributed by atoms with Crippen LogP contribution in [-0.2, 0) is 22.5 Å². The first-order valence-corrected chi connectivity index (χ1v) is 10.8. The van der Waals surface area contributed by atoms with E-state index in [0.717, 1.165) is 17.7 Å². The Morgan fingerprint density at radius 3 is 2.48 bits per heavy atom. The maximum atomic E-state index is 12.5. The minimum Gasteiger partial charge on any atom is -0.496 e. The molecule has 2 amide bonds. The van der Waals surface area contributed by atoms with Gasteiger partial charge in [0, 0.05) is 18.0 Å². The van der Waals surface area contributed by atoms with Gasteiger partial charge in [0.15, 0.2) is 0 Å². The number of anilines is 1. The number of amides is 2. The molecule has 0 fully saturated rings. The Balaban J connectivity index is 1.62. The predicted molar refractivity (Wildman–Crippen MR) is 118 cm³/mol. The number of hydrogen-bond acceptors (Lipinski definition) is 4. The molecule has 0 atom stereocenters. The van der Waals surface area contributed by atoms with Crippen LogP contribution in [0.25, 0.3) is 0 Å². The van der Waals surface area contributed by atoms with E-state index < -0.39 is 0 Å². The number of nitrogens with one attached hydrogen (secondary N) is 2. The summed E-state index contributed by atoms with van der Waals surface area (Å²) in [7, 11) is 0. The van der Waals surface area contributed by atoms with Crippen LogP contribution in [0.4, 0.5) is 5.69 Å². The molecule has 1 aliphatic rings. The molecule has 2 aromatic rings. The lowest BCUT2D eigenvalue weighted by Crippen LogP contribution is -2.23. The molecule has 0 aromatic heterocycles. The summed E-state index contributed by atoms with van der Waals surface area (Å²) >= 11 is 7.75. The molecule has 152 valence electrons. The minimum absolute atomic E-state index is 0.240. The van der Waals surface area contributed by atoms with Gasteiger partial charge >= 0.3 is 0 Å². The molecule has 3 rings (SSSR count). The van der Waals surface area contributed by atoms with Crippen molar-refractivity contribution in [3.8, 4) is 0 Å². The van der Waals surface area contributed by atoms with Crippen molar-refractivity contribution < 1.29 is 14.3 Å². The maximum absolute atomic E-state index is 12.5. The monoisotopic (exact) mass is 430 g/mol. The van der Waals surface area contributed by atoms with Crippen LogP contribution in [0.1, 0.15) is 35.3 Å². The molecule has 0 aliphatic carbocycles. The fourth-order valence-electron chi connectivity index (χ4n) is 2.87. The summed E-state index contributed by atoms with van der Waals surface area (Å²) < 4.78 is 5.42. The van der Waals surface area contributed by atoms with Crippen molar-refractivity contribution in [1.29, 1.82) is 0 Å². The second kappa shape index (κ2) is 9.85. The average molecular weight is 431 g/mol. The van der Waals surface area contributed by atoms with Crippen LogP contribution in [0.2, 0.25) is 5.02 Å². The van der Waals surface area contributed by atoms with E-state index >= 15 is 0 Å². The topological polar surface area (TPSA) is 67.4 Å². The zero-order chi connectivity index (χ0) is 20.8. The number of carbonyl (C=O) groups excluding carboxylic acids is 2. The number of rotatable bonds is 6. The van der Waals surface area contributed by atoms with Gasteiger partial charge in [-0.1, -0.05) is 42.8 Å². The number of benzene rings is 2. The molecule has 0 unspecified atom stereocenters. The SMILES string of the molecule is CCc1ccc(CNC(=O)c2ccc(NC(=O)C3=C(C)OCCS3)cc2Cl)cc1. The van der Waals surface area contributed by atoms with Crippen molar-refractivity contribution in [2.75, 3.05) is 17.7 Å². The Kier molecular flexibility index (Phi) is 7.23. The first-order valence-electron chi connectivity index (χ1n) is 9.41. The third-order valence-electron chi connectivity index (χ3n) is 4.53. The Morgan fingerprint density at radius 2 is 1.83 bits per heavy atom. The molecule has 5 nitrogen and oxygen atoms in total. The molecular weight excluding hydrogens is 408 g/mol. The standard InChI is InChI=1S/C22H23ClN2O3S/c1-3-15-4-6-16(7-5-15)13-24-21(26)18-9-8-17(12-19(18)23)25-22(27)20-14(2)28-10-11-29-20/h4-9,12H,3,10-11,13H2,1-2H3,(H,24,26)(H,25,27). The Morgan fingerprint density at radius 1 is 1.10 bits per heavy atom. The molecule has 7 heteroatoms. The number of carbonyl (C=O) groups is 2. The zero-order valence-corrected chi connectivity index (χ0v) is 18.0. The van der Waals surface area contributed by atoms with Crippen LogP contribution in [-0.4, -0.2) is 24.2 Å². The van der Waals surface area contributed by atoms with Crippen molar-refractivity contribution in [3.63, 3.8) is 0 Å². The molecule has 2 aromatic carbocycles. The van der Waals surface area contributed by atoms with Crippen LogP contribution >= 0.6 is 23.4 Å². The molecule has 2 N–H and O–H groups in total. The number of thioether (sulfide) groups is 1. The summed E-state index contributed by atoms with van der Waals surface area (Å²) in [4.78, 5) is 25.5. The van der Waals surface area contributed by atoms with Crippen molar-refractivity contribution in [1.82, 2.24) is 5.32 Å². The summed E-state index contributed by atoms with van der Waals surface area (Å²) in [6.07, 6.45) is 0.980. The summed E-state index contributed by atoms with van der Waals surface area (Å²) in [5.41, 5.74) is 3.16. The average Bonchev–Trinajstić information content (AvgIpc) is 2.72. The van der Waals surface area contributed by atoms with Crippen molar-refractivity contribution in [3.05, 3.63) is 74.8 Å². The lowest BCUT2D eigenvalue weighted by molar-refractivity contribution is -0.112. The van der Waals surface area contributed by atoms with Gasteiger partial charge in [0.1, 0.15) is 10.7 Å². The van der Waals surface area contributed by atoms with E-state index in [2.05, 4.69) is 29.7 Å². The number of hydrogen-bond donors (Lipinski definition) is 2. The van der Waals surface area contributed by atoms with E-state index in [1.54, 1.807) is 25.1 Å². The van der Waals surface area contributed by atoms with Crippen molar-refractivity contribution in [2.45, 2.75) is 26.8 Å². The molecule has 29 heavy (non-hydrogen) atoms. The summed E-state index contributed by atoms with van der Waals surface area (Å²) in [5, 5.41) is 5.95. The third kappa shape index (κ3) is 5.55. The number of aryl methyl sites for hydroxylation is 1. The van der Waals surface area contributed by atoms with Crippen molar-refractivity contribution in [2.24, 2.45) is 0 Å². The van der Waals surface area contributed by atoms with E-state index in [1.807, 2.05) is 12.1 Å². The Bertz CT molecular complexity index is 942. The van der Waals surface area contributed by atoms with E-state index in [9.17, 15) is 9.59 Å². The first kappa shape index (κ1) is 21.3. The van der Waals surface area contributed by atoms with Gasteiger partial charge in [-0.3, -0.25) is 9.59 Å². The summed E-state index contributed by atoms with van der Waals surface area (Å²) in [5.74, 6) is 0.854. The van der Waals surface area contributed by atoms with Gasteiger partial charge in [-0.25, -0.2) is 0 Å². The van der Waals surface area contributed by atoms with Gasteiger partial charge < -0.3 is 15.4 Å². The van der Waals surface area contributed by atoms with Crippen LogP contribution in [0.5, 0.6) is 0 Å². The Hall–Kier alpha value is -2.44. The maximum Gasteiger partial charge on any atom is 0.265 e. The lowest BCUT2D eigenvalue weighted by atomic mass is 10.1. The molecule has 1 heterocycles. The van der Waals surface area contributed by atoms with Gasteiger partial charge in [0.25, 0.3) is 11.8 Å². The van der Waals surface area contributed by atoms with Crippen LogP contribution < -0.4 is 10.6 Å². The van der Waals surface area contributed by atoms with E-state index in [0.29, 0.717) is 35.1 Å². The third-order valence-corrected chi connectivity index (χ3v) is 5.98. The highest BCUT2D eigenvalue weighted by atomic mass is 35.5. The summed E-state index contributed by atoms with van der Waals surface area (Å²) in [6, 6.07) is 13.0. The van der Waals surface area contributed by atoms with E-state index in [4.69, 9.17) is 16.3 Å². The predicted octanol–water partition coefficient (Wildman–Crippen LogP) is 4.77. The molecule has 0 radical (unpaired) electrons. The molecular formula is C22H23ClN2O3S. The molecule has 0 bridgehead atoms. The van der Waals surface area contributed by atoms with Crippen LogP contribution in [0.3, 0.4) is 0 Å². The highest BCUT2D eigenvalue weighted by molar-refractivity contribution is 8.04. The van der Waals surface area contributed by atoms with Crippen LogP contribution in [0, 0.1) is 0 Å². The zero-order valence-electron chi connectivity index (χ0n) is 16.4. The molecule has 0 saturated carbocycles.